The number of ether oxygens (including phenoxy) is 2. The van der Waals surface area contributed by atoms with Crippen LogP contribution in [0.1, 0.15) is 195 Å². The lowest BCUT2D eigenvalue weighted by Gasteiger charge is -2.35. The molecular formula is C114H145Cl4N17O10. The average Bonchev–Trinajstić information content (AvgIpc) is 1.64. The second-order valence-corrected chi connectivity index (χ2v) is 42.0. The van der Waals surface area contributed by atoms with E-state index in [-0.39, 0.29) is 12.9 Å². The number of aromatic nitrogens is 8. The van der Waals surface area contributed by atoms with Crippen molar-refractivity contribution < 1.29 is 48.5 Å². The van der Waals surface area contributed by atoms with Crippen LogP contribution in [-0.2, 0) is 38.2 Å². The van der Waals surface area contributed by atoms with E-state index in [9.17, 15) is 19.2 Å². The Bertz CT molecular complexity index is 6070. The highest BCUT2D eigenvalue weighted by atomic mass is 35.5. The molecule has 8 aromatic heterocycles. The Morgan fingerprint density at radius 3 is 0.959 bits per heavy atom. The maximum Gasteiger partial charge on any atom is 0.290 e. The molecule has 20 rings (SSSR count). The molecule has 145 heavy (non-hydrogen) atoms. The van der Waals surface area contributed by atoms with Crippen LogP contribution < -0.4 is 0 Å². The fraction of sp³-hybridized carbons (Fsp3) is 0.491. The lowest BCUT2D eigenvalue weighted by Crippen LogP contribution is -2.45. The standard InChI is InChI=1S/C29H37ClN4O2.C29H37ClN4O.C27H34ClN5O.C27H33ClN4O2.2CH2O2/c1-36-19-18-32-14-9-22(10-15-32)2-7-29(35)33-16-11-23(12-17-33)27-21-34(25-5-3-24(30)4-6-25)28-20-31-13-8-26(27)28;1-21(2)32-15-10-22(11-16-32)3-8-29(35)33-17-12-23(13-18-33)27-20-34(25-6-4-24(30)5-7-25)28-19-31-14-9-26(27)28;1-30-15-17-31(18-16-30)12-2-3-27(34)32-13-9-21(10-14-32)25-20-33(23-6-4-22(28)5-7-23)26-19-29-11-8-24(25)26;28-22-4-6-23(7-5-22)32-20-25(24-8-11-29-19-26(24)32)21-9-13-31(14-10-21)27(33)3-1-2-12-30-15-17-34-18-16-30;2*2-1-3/h3-6,8,13,20-23H,2,7,9-12,14-19H2,1H3;4-7,9,14,19-23H,3,8,10-13,15-18H2,1-2H3;4-8,11,19-21H,2-3,9-10,12-18H2,1H3;4-8,11,19-21H,1-3,9-10,12-18H2;2*1H,(H,2,3). The number of carbonyl (C=O) groups is 6. The Kier molecular flexibility index (Phi) is 41.1. The van der Waals surface area contributed by atoms with Gasteiger partial charge >= 0.3 is 0 Å². The van der Waals surface area contributed by atoms with E-state index >= 15 is 0 Å². The maximum atomic E-state index is 13.0. The van der Waals surface area contributed by atoms with Gasteiger partial charge in [0.15, 0.2) is 0 Å². The molecule has 0 atom stereocenters. The number of nitrogens with zero attached hydrogens (tertiary/aromatic N) is 17. The van der Waals surface area contributed by atoms with E-state index in [2.05, 4.69) is 152 Å². The van der Waals surface area contributed by atoms with E-state index in [1.54, 1.807) is 7.11 Å². The number of carboxylic acid groups (broad SMARTS) is 2. The van der Waals surface area contributed by atoms with Crippen LogP contribution in [0, 0.1) is 11.8 Å². The van der Waals surface area contributed by atoms with E-state index in [0.29, 0.717) is 90.9 Å². The van der Waals surface area contributed by atoms with E-state index in [1.807, 2.05) is 147 Å². The van der Waals surface area contributed by atoms with Gasteiger partial charge in [0.1, 0.15) is 0 Å². The van der Waals surface area contributed by atoms with Gasteiger partial charge in [0.2, 0.25) is 23.6 Å². The Hall–Kier alpha value is -10.7. The van der Waals surface area contributed by atoms with Crippen LogP contribution in [0.25, 0.3) is 66.4 Å². The molecule has 4 amide bonds. The molecule has 0 radical (unpaired) electrons. The quantitative estimate of drug-likeness (QED) is 0.0358. The molecule has 8 aliphatic rings. The van der Waals surface area contributed by atoms with Gasteiger partial charge in [-0.1, -0.05) is 46.4 Å². The van der Waals surface area contributed by atoms with Crippen molar-refractivity contribution in [3.05, 3.63) is 238 Å². The number of rotatable bonds is 27. The number of amides is 4. The van der Waals surface area contributed by atoms with Gasteiger partial charge in [-0.3, -0.25) is 53.6 Å². The fourth-order valence-corrected chi connectivity index (χ4v) is 23.0. The maximum absolute atomic E-state index is 13.0. The highest BCUT2D eigenvalue weighted by Gasteiger charge is 2.34. The fourth-order valence-electron chi connectivity index (χ4n) is 22.5. The largest absolute Gasteiger partial charge is 0.483 e. The molecule has 8 aliphatic heterocycles. The van der Waals surface area contributed by atoms with Crippen LogP contribution in [0.15, 0.2) is 196 Å². The van der Waals surface area contributed by atoms with Crippen molar-refractivity contribution in [2.45, 2.75) is 178 Å². The summed E-state index contributed by atoms with van der Waals surface area (Å²) in [6.45, 7) is 27.6. The van der Waals surface area contributed by atoms with Gasteiger partial charge in [-0.25, -0.2) is 0 Å². The first-order valence-corrected chi connectivity index (χ1v) is 54.0. The summed E-state index contributed by atoms with van der Waals surface area (Å²) in [5, 5.41) is 21.7. The molecule has 0 aliphatic carbocycles. The van der Waals surface area contributed by atoms with Crippen molar-refractivity contribution in [1.82, 2.24) is 82.3 Å². The van der Waals surface area contributed by atoms with Crippen LogP contribution in [-0.4, -0.2) is 307 Å². The molecule has 0 saturated carbocycles. The van der Waals surface area contributed by atoms with Crippen molar-refractivity contribution in [2.75, 3.05) is 171 Å². The third-order valence-electron chi connectivity index (χ3n) is 31.0. The number of unbranched alkanes of at least 4 members (excludes halogenated alkanes) is 1. The number of halogens is 4. The number of piperidine rings is 6. The SMILES string of the molecule is CC(C)N1CCC(CCC(=O)N2CCC(c3cn(-c4ccc(Cl)cc4)c4cnccc34)CC2)CC1.CN1CCN(CCCC(=O)N2CCC(c3cn(-c4ccc(Cl)cc4)c4cnccc34)CC2)CC1.COCCN1CCC(CCC(=O)N2CCC(c3cn(-c4ccc(Cl)cc4)c4cnccc34)CC2)CC1.O=C(CCCCN1CCOCC1)N1CCC(c2cn(-c3ccc(Cl)cc3)c3cnccc23)CC1.O=CO.O=CO. The molecule has 2 N–H and O–H groups in total. The lowest BCUT2D eigenvalue weighted by molar-refractivity contribution is -0.133. The minimum atomic E-state index is -0.250. The number of likely N-dealkylation sites (tertiary alicyclic amines) is 6. The van der Waals surface area contributed by atoms with Crippen LogP contribution in [0.4, 0.5) is 0 Å². The number of hydrogen-bond acceptors (Lipinski definition) is 17. The topological polar surface area (TPSA) is 262 Å². The summed E-state index contributed by atoms with van der Waals surface area (Å²) >= 11 is 24.4. The highest BCUT2D eigenvalue weighted by molar-refractivity contribution is 6.31. The normalized spacial score (nSPS) is 17.7. The summed E-state index contributed by atoms with van der Waals surface area (Å²) in [5.41, 5.74) is 14.2. The number of piperazine rings is 1. The van der Waals surface area contributed by atoms with Crippen molar-refractivity contribution in [2.24, 2.45) is 11.8 Å². The summed E-state index contributed by atoms with van der Waals surface area (Å²) in [4.78, 5) is 107. The second-order valence-electron chi connectivity index (χ2n) is 40.2. The molecule has 16 heterocycles. The summed E-state index contributed by atoms with van der Waals surface area (Å²) in [5.74, 6) is 4.51. The number of likely N-dealkylation sites (N-methyl/N-ethyl adjacent to an activating group) is 1. The van der Waals surface area contributed by atoms with Gasteiger partial charge in [-0.05, 0) is 348 Å². The Labute approximate surface area is 874 Å². The van der Waals surface area contributed by atoms with Gasteiger partial charge < -0.3 is 77.2 Å². The molecule has 0 unspecified atom stereocenters. The highest BCUT2D eigenvalue weighted by Crippen LogP contribution is 2.42. The predicted octanol–water partition coefficient (Wildman–Crippen LogP) is 20.5. The lowest BCUT2D eigenvalue weighted by atomic mass is 9.88. The number of morpholine rings is 1. The molecule has 8 saturated heterocycles. The Morgan fingerprint density at radius 1 is 0.366 bits per heavy atom. The number of fused-ring (bicyclic) bond motifs is 4. The summed E-state index contributed by atoms with van der Waals surface area (Å²) in [7, 11) is 3.94. The minimum Gasteiger partial charge on any atom is -0.483 e. The first-order chi connectivity index (χ1) is 70.7. The zero-order valence-electron chi connectivity index (χ0n) is 84.8. The zero-order chi connectivity index (χ0) is 102. The average molecular weight is 2060 g/mol. The summed E-state index contributed by atoms with van der Waals surface area (Å²) in [6.07, 6.45) is 45.0. The number of benzene rings is 4. The predicted molar refractivity (Wildman–Crippen MR) is 579 cm³/mol. The Morgan fingerprint density at radius 2 is 0.648 bits per heavy atom. The van der Waals surface area contributed by atoms with Crippen LogP contribution >= 0.6 is 46.4 Å². The van der Waals surface area contributed by atoms with Crippen LogP contribution in [0.5, 0.6) is 0 Å². The number of methoxy groups -OCH3 is 1. The van der Waals surface area contributed by atoms with Crippen LogP contribution in [0.2, 0.25) is 20.1 Å². The van der Waals surface area contributed by atoms with Crippen molar-refractivity contribution in [1.29, 1.82) is 0 Å². The van der Waals surface area contributed by atoms with Gasteiger partial charge in [0, 0.05) is 251 Å². The van der Waals surface area contributed by atoms with Gasteiger partial charge in [0.05, 0.1) is 66.7 Å². The van der Waals surface area contributed by atoms with E-state index in [1.165, 1.54) is 82.6 Å². The third kappa shape index (κ3) is 29.7. The molecule has 0 spiro atoms. The zero-order valence-corrected chi connectivity index (χ0v) is 87.8. The van der Waals surface area contributed by atoms with Gasteiger partial charge in [0.25, 0.3) is 12.9 Å². The molecule has 27 nitrogen and oxygen atoms in total. The van der Waals surface area contributed by atoms with E-state index in [4.69, 9.17) is 75.7 Å². The summed E-state index contributed by atoms with van der Waals surface area (Å²) < 4.78 is 19.5. The van der Waals surface area contributed by atoms with Crippen molar-refractivity contribution in [3.63, 3.8) is 0 Å². The first-order valence-electron chi connectivity index (χ1n) is 52.5. The smallest absolute Gasteiger partial charge is 0.290 e. The number of carbonyl (C=O) groups excluding carboxylic acids is 4. The summed E-state index contributed by atoms with van der Waals surface area (Å²) in [6, 6.07) is 40.9. The molecule has 0 bridgehead atoms. The minimum absolute atomic E-state index is 0.250. The second kappa shape index (κ2) is 54.8. The molecular weight excluding hydrogens is 1910 g/mol. The monoisotopic (exact) mass is 2050 g/mol. The Balaban J connectivity index is 0.000000143. The number of pyridine rings is 4. The van der Waals surface area contributed by atoms with Crippen molar-refractivity contribution >= 4 is 127 Å². The van der Waals surface area contributed by atoms with Crippen molar-refractivity contribution in [3.8, 4) is 22.7 Å². The van der Waals surface area contributed by atoms with E-state index in [0.717, 1.165) is 293 Å². The van der Waals surface area contributed by atoms with Crippen LogP contribution in [0.3, 0.4) is 0 Å². The molecule has 31 heteroatoms. The number of hydrogen-bond donors (Lipinski definition) is 2. The van der Waals surface area contributed by atoms with Gasteiger partial charge in [-0.15, -0.1) is 0 Å². The van der Waals surface area contributed by atoms with Gasteiger partial charge in [-0.2, -0.15) is 0 Å². The molecule has 4 aromatic carbocycles. The first kappa shape index (κ1) is 109. The molecule has 774 valence electrons. The third-order valence-corrected chi connectivity index (χ3v) is 32.0. The molecule has 8 fully saturated rings. The van der Waals surface area contributed by atoms with E-state index < -0.39 is 0 Å². The molecule has 12 aromatic rings.